The van der Waals surface area contributed by atoms with Crippen LogP contribution in [-0.4, -0.2) is 22.6 Å². The van der Waals surface area contributed by atoms with Crippen molar-refractivity contribution >= 4 is 41.1 Å². The first-order valence-electron chi connectivity index (χ1n) is 5.55. The summed E-state index contributed by atoms with van der Waals surface area (Å²) in [5.41, 5.74) is 0. The first kappa shape index (κ1) is 16.9. The maximum absolute atomic E-state index is 11.8. The highest BCUT2D eigenvalue weighted by Gasteiger charge is 2.20. The van der Waals surface area contributed by atoms with Gasteiger partial charge in [0.25, 0.3) is 9.05 Å². The van der Waals surface area contributed by atoms with Crippen LogP contribution in [0.2, 0.25) is 0 Å². The van der Waals surface area contributed by atoms with Gasteiger partial charge in [-0.1, -0.05) is 13.8 Å². The maximum Gasteiger partial charge on any atom is 0.270 e. The molecule has 0 aliphatic rings. The molecule has 0 aromatic carbocycles. The molecule has 1 atom stereocenters. The quantitative estimate of drug-likeness (QED) is 0.802. The van der Waals surface area contributed by atoms with E-state index in [0.717, 1.165) is 11.3 Å². The Hall–Kier alpha value is -0.150. The Balaban J connectivity index is 2.85. The zero-order chi connectivity index (χ0) is 14.8. The zero-order valence-electron chi connectivity index (χ0n) is 10.8. The van der Waals surface area contributed by atoms with Crippen LogP contribution in [0.5, 0.6) is 0 Å². The van der Waals surface area contributed by atoms with Gasteiger partial charge in [-0.05, 0) is 25.0 Å². The summed E-state index contributed by atoms with van der Waals surface area (Å²) in [4.78, 5) is 0.603. The lowest BCUT2D eigenvalue weighted by Gasteiger charge is -2.13. The third-order valence-corrected chi connectivity index (χ3v) is 7.36. The van der Waals surface area contributed by atoms with Gasteiger partial charge in [-0.2, -0.15) is 0 Å². The average Bonchev–Trinajstić information content (AvgIpc) is 2.61. The summed E-state index contributed by atoms with van der Waals surface area (Å²) in [6, 6.07) is 2.44. The summed E-state index contributed by atoms with van der Waals surface area (Å²) in [6.45, 7) is 5.29. The third kappa shape index (κ3) is 5.39. The van der Waals surface area contributed by atoms with Crippen LogP contribution in [0.15, 0.2) is 16.3 Å². The minimum atomic E-state index is -3.76. The molecule has 110 valence electrons. The molecule has 0 aliphatic heterocycles. The number of nitrogens with one attached hydrogen (secondary N) is 1. The molecule has 0 spiro atoms. The van der Waals surface area contributed by atoms with Crippen molar-refractivity contribution < 1.29 is 16.8 Å². The molecule has 1 aromatic rings. The molecular formula is C10H16ClNO4S3. The second-order valence-corrected chi connectivity index (χ2v) is 10.3. The highest BCUT2D eigenvalue weighted by Crippen LogP contribution is 2.29. The Kier molecular flexibility index (Phi) is 5.42. The predicted octanol–water partition coefficient (Wildman–Crippen LogP) is 2.31. The van der Waals surface area contributed by atoms with E-state index in [1.54, 1.807) is 13.0 Å². The van der Waals surface area contributed by atoms with Gasteiger partial charge >= 0.3 is 0 Å². The van der Waals surface area contributed by atoms with Crippen molar-refractivity contribution in [2.45, 2.75) is 31.0 Å². The first-order chi connectivity index (χ1) is 8.51. The number of rotatable bonds is 6. The van der Waals surface area contributed by atoms with Crippen molar-refractivity contribution in [3.8, 4) is 0 Å². The maximum atomic E-state index is 11.8. The van der Waals surface area contributed by atoms with Crippen molar-refractivity contribution in [3.05, 3.63) is 17.0 Å². The normalized spacial score (nSPS) is 14.8. The fourth-order valence-electron chi connectivity index (χ4n) is 1.51. The molecule has 0 saturated heterocycles. The van der Waals surface area contributed by atoms with Crippen LogP contribution in [-0.2, 0) is 19.1 Å². The molecular weight excluding hydrogens is 330 g/mol. The van der Waals surface area contributed by atoms with Crippen LogP contribution in [0.3, 0.4) is 0 Å². The van der Waals surface area contributed by atoms with Gasteiger partial charge in [0.05, 0.1) is 11.8 Å². The Bertz CT molecular complexity index is 633. The monoisotopic (exact) mass is 345 g/mol. The second kappa shape index (κ2) is 6.09. The molecule has 0 bridgehead atoms. The molecule has 0 radical (unpaired) electrons. The minimum absolute atomic E-state index is 0.0130. The van der Waals surface area contributed by atoms with Gasteiger partial charge in [0, 0.05) is 15.6 Å². The third-order valence-electron chi connectivity index (χ3n) is 2.18. The number of sulfonamides is 1. The van der Waals surface area contributed by atoms with Gasteiger partial charge in [-0.3, -0.25) is 0 Å². The Morgan fingerprint density at radius 2 is 1.79 bits per heavy atom. The van der Waals surface area contributed by atoms with Crippen LogP contribution >= 0.6 is 22.0 Å². The molecule has 1 aromatic heterocycles. The van der Waals surface area contributed by atoms with E-state index in [0.29, 0.717) is 4.88 Å². The Morgan fingerprint density at radius 1 is 1.21 bits per heavy atom. The highest BCUT2D eigenvalue weighted by atomic mass is 35.7. The number of hydrogen-bond acceptors (Lipinski definition) is 5. The fraction of sp³-hybridized carbons (Fsp3) is 0.600. The Labute approximate surface area is 122 Å². The van der Waals surface area contributed by atoms with Crippen molar-refractivity contribution in [1.82, 2.24) is 4.72 Å². The van der Waals surface area contributed by atoms with E-state index in [1.165, 1.54) is 6.07 Å². The summed E-state index contributed by atoms with van der Waals surface area (Å²) in [5.74, 6) is 0.0513. The molecule has 1 unspecified atom stereocenters. The zero-order valence-corrected chi connectivity index (χ0v) is 14.0. The van der Waals surface area contributed by atoms with E-state index in [-0.39, 0.29) is 15.9 Å². The van der Waals surface area contributed by atoms with Crippen molar-refractivity contribution in [2.75, 3.05) is 5.75 Å². The lowest BCUT2D eigenvalue weighted by atomic mass is 10.3. The number of thiophene rings is 1. The first-order valence-corrected chi connectivity index (χ1v) is 10.3. The van der Waals surface area contributed by atoms with Gasteiger partial charge in [-0.25, -0.2) is 21.6 Å². The molecule has 19 heavy (non-hydrogen) atoms. The average molecular weight is 346 g/mol. The lowest BCUT2D eigenvalue weighted by Crippen LogP contribution is -2.30. The molecule has 5 nitrogen and oxygen atoms in total. The van der Waals surface area contributed by atoms with Crippen LogP contribution in [0.4, 0.5) is 0 Å². The largest absolute Gasteiger partial charge is 0.270 e. The van der Waals surface area contributed by atoms with Crippen LogP contribution in [0.1, 0.15) is 31.7 Å². The molecule has 1 N–H and O–H groups in total. The van der Waals surface area contributed by atoms with Crippen molar-refractivity contribution in [1.29, 1.82) is 0 Å². The van der Waals surface area contributed by atoms with Crippen molar-refractivity contribution in [3.63, 3.8) is 0 Å². The number of halogens is 1. The van der Waals surface area contributed by atoms with E-state index in [4.69, 9.17) is 10.7 Å². The summed E-state index contributed by atoms with van der Waals surface area (Å²) < 4.78 is 48.4. The highest BCUT2D eigenvalue weighted by molar-refractivity contribution is 8.15. The standard InChI is InChI=1S/C10H16ClNO4S3/c1-7(2)6-18(13,14)12-8(3)9-4-5-10(17-9)19(11,15)16/h4-5,7-8,12H,6H2,1-3H3. The summed E-state index contributed by atoms with van der Waals surface area (Å²) in [7, 11) is -1.92. The van der Waals surface area contributed by atoms with E-state index in [2.05, 4.69) is 4.72 Å². The summed E-state index contributed by atoms with van der Waals surface area (Å²) >= 11 is 0.961. The molecule has 0 aliphatic carbocycles. The van der Waals surface area contributed by atoms with Crippen LogP contribution in [0.25, 0.3) is 0 Å². The SMILES string of the molecule is CC(C)CS(=O)(=O)NC(C)c1ccc(S(=O)(=O)Cl)s1. The summed E-state index contributed by atoms with van der Waals surface area (Å²) in [5, 5.41) is 0. The Morgan fingerprint density at radius 3 is 2.21 bits per heavy atom. The molecule has 0 fully saturated rings. The smallest absolute Gasteiger partial charge is 0.212 e. The van der Waals surface area contributed by atoms with Gasteiger partial charge in [0.1, 0.15) is 4.21 Å². The lowest BCUT2D eigenvalue weighted by molar-refractivity contribution is 0.556. The fourth-order valence-corrected chi connectivity index (χ4v) is 5.32. The second-order valence-electron chi connectivity index (χ2n) is 4.61. The van der Waals surface area contributed by atoms with E-state index >= 15 is 0 Å². The molecule has 0 saturated carbocycles. The molecule has 1 rings (SSSR count). The molecule has 9 heteroatoms. The van der Waals surface area contributed by atoms with Crippen LogP contribution < -0.4 is 4.72 Å². The van der Waals surface area contributed by atoms with E-state index in [9.17, 15) is 16.8 Å². The minimum Gasteiger partial charge on any atom is -0.212 e. The topological polar surface area (TPSA) is 80.3 Å². The molecule has 0 amide bonds. The summed E-state index contributed by atoms with van der Waals surface area (Å²) in [6.07, 6.45) is 0. The van der Waals surface area contributed by atoms with E-state index < -0.39 is 25.1 Å². The predicted molar refractivity (Wildman–Crippen MR) is 77.5 cm³/mol. The van der Waals surface area contributed by atoms with Gasteiger partial charge in [0.15, 0.2) is 0 Å². The van der Waals surface area contributed by atoms with Crippen molar-refractivity contribution in [2.24, 2.45) is 5.92 Å². The van der Waals surface area contributed by atoms with Gasteiger partial charge in [-0.15, -0.1) is 11.3 Å². The van der Waals surface area contributed by atoms with Crippen LogP contribution in [0, 0.1) is 5.92 Å². The number of hydrogen-bond donors (Lipinski definition) is 1. The van der Waals surface area contributed by atoms with Gasteiger partial charge in [0.2, 0.25) is 10.0 Å². The van der Waals surface area contributed by atoms with E-state index in [1.807, 2.05) is 13.8 Å². The molecule has 1 heterocycles. The van der Waals surface area contributed by atoms with Gasteiger partial charge < -0.3 is 0 Å².